The maximum absolute atomic E-state index is 14.5. The minimum Gasteiger partial charge on any atom is -0.406 e. The number of halogens is 4. The number of rotatable bonds is 8. The Hall–Kier alpha value is -4.73. The SMILES string of the molecule is NC(=O)c1c(C(=O)Nc2cc(NC(=O)Cc3ccc(OC(F)(F)F)cc3)cnc2F)nn(C2CCC(O)CC2)c1N. The molecule has 0 unspecified atom stereocenters. The number of amides is 3. The smallest absolute Gasteiger partial charge is 0.406 e. The molecule has 12 nitrogen and oxygen atoms in total. The van der Waals surface area contributed by atoms with Crippen LogP contribution in [0.15, 0.2) is 36.5 Å². The van der Waals surface area contributed by atoms with Crippen molar-refractivity contribution in [3.05, 3.63) is 59.3 Å². The molecular formula is C25H25F4N7O5. The van der Waals surface area contributed by atoms with E-state index in [1.807, 2.05) is 0 Å². The fourth-order valence-electron chi connectivity index (χ4n) is 4.42. The highest BCUT2D eigenvalue weighted by Gasteiger charge is 2.32. The van der Waals surface area contributed by atoms with Gasteiger partial charge >= 0.3 is 6.36 Å². The topological polar surface area (TPSA) is 187 Å². The van der Waals surface area contributed by atoms with Crippen LogP contribution in [0.5, 0.6) is 5.75 Å². The fraction of sp³-hybridized carbons (Fsp3) is 0.320. The van der Waals surface area contributed by atoms with Crippen LogP contribution in [-0.4, -0.2) is 50.1 Å². The number of benzene rings is 1. The number of aliphatic hydroxyl groups excluding tert-OH is 1. The Morgan fingerprint density at radius 3 is 2.37 bits per heavy atom. The zero-order chi connectivity index (χ0) is 29.9. The van der Waals surface area contributed by atoms with E-state index in [1.165, 1.54) is 16.8 Å². The average molecular weight is 580 g/mol. The van der Waals surface area contributed by atoms with Gasteiger partial charge < -0.3 is 31.9 Å². The van der Waals surface area contributed by atoms with Crippen LogP contribution in [-0.2, 0) is 11.2 Å². The summed E-state index contributed by atoms with van der Waals surface area (Å²) < 4.78 is 56.5. The summed E-state index contributed by atoms with van der Waals surface area (Å²) in [6, 6.07) is 5.43. The van der Waals surface area contributed by atoms with Gasteiger partial charge in [0.25, 0.3) is 11.8 Å². The molecule has 218 valence electrons. The zero-order valence-electron chi connectivity index (χ0n) is 21.2. The second-order valence-electron chi connectivity index (χ2n) is 9.31. The van der Waals surface area contributed by atoms with Gasteiger partial charge in [-0.15, -0.1) is 13.2 Å². The third-order valence-corrected chi connectivity index (χ3v) is 6.31. The van der Waals surface area contributed by atoms with Crippen molar-refractivity contribution in [3.8, 4) is 5.75 Å². The lowest BCUT2D eigenvalue weighted by Gasteiger charge is -2.26. The van der Waals surface area contributed by atoms with Gasteiger partial charge in [-0.05, 0) is 49.4 Å². The van der Waals surface area contributed by atoms with Gasteiger partial charge in [0, 0.05) is 0 Å². The van der Waals surface area contributed by atoms with E-state index in [9.17, 15) is 37.1 Å². The lowest BCUT2D eigenvalue weighted by molar-refractivity contribution is -0.274. The largest absolute Gasteiger partial charge is 0.573 e. The molecule has 16 heteroatoms. The molecule has 2 aromatic heterocycles. The van der Waals surface area contributed by atoms with E-state index in [4.69, 9.17) is 11.5 Å². The predicted molar refractivity (Wildman–Crippen MR) is 136 cm³/mol. The quantitative estimate of drug-likeness (QED) is 0.199. The van der Waals surface area contributed by atoms with E-state index < -0.39 is 53.3 Å². The average Bonchev–Trinajstić information content (AvgIpc) is 3.24. The monoisotopic (exact) mass is 579 g/mol. The summed E-state index contributed by atoms with van der Waals surface area (Å²) in [6.07, 6.45) is -2.63. The number of ether oxygens (including phenoxy) is 1. The van der Waals surface area contributed by atoms with E-state index in [0.29, 0.717) is 31.2 Å². The van der Waals surface area contributed by atoms with Crippen LogP contribution in [0.1, 0.15) is 58.1 Å². The first kappa shape index (κ1) is 29.3. The van der Waals surface area contributed by atoms with Crippen LogP contribution >= 0.6 is 0 Å². The highest BCUT2D eigenvalue weighted by atomic mass is 19.4. The number of primary amides is 1. The lowest BCUT2D eigenvalue weighted by Crippen LogP contribution is -2.23. The summed E-state index contributed by atoms with van der Waals surface area (Å²) in [5.74, 6) is -4.33. The van der Waals surface area contributed by atoms with Gasteiger partial charge in [0.1, 0.15) is 17.1 Å². The summed E-state index contributed by atoms with van der Waals surface area (Å²) in [4.78, 5) is 41.1. The Bertz CT molecular complexity index is 1450. The Kier molecular flexibility index (Phi) is 8.41. The minimum atomic E-state index is -4.85. The van der Waals surface area contributed by atoms with Crippen molar-refractivity contribution in [2.24, 2.45) is 5.73 Å². The van der Waals surface area contributed by atoms with Crippen molar-refractivity contribution in [2.45, 2.75) is 50.6 Å². The van der Waals surface area contributed by atoms with Crippen molar-refractivity contribution in [2.75, 3.05) is 16.4 Å². The number of hydrogen-bond acceptors (Lipinski definition) is 8. The van der Waals surface area contributed by atoms with Crippen LogP contribution in [0, 0.1) is 5.95 Å². The highest BCUT2D eigenvalue weighted by Crippen LogP contribution is 2.32. The van der Waals surface area contributed by atoms with Gasteiger partial charge in [0.2, 0.25) is 11.9 Å². The van der Waals surface area contributed by atoms with Crippen LogP contribution in [0.3, 0.4) is 0 Å². The number of alkyl halides is 3. The van der Waals surface area contributed by atoms with Crippen LogP contribution < -0.4 is 26.8 Å². The number of hydrogen-bond donors (Lipinski definition) is 5. The number of nitrogens with two attached hydrogens (primary N) is 2. The predicted octanol–water partition coefficient (Wildman–Crippen LogP) is 2.91. The van der Waals surface area contributed by atoms with Crippen LogP contribution in [0.25, 0.3) is 0 Å². The van der Waals surface area contributed by atoms with Gasteiger partial charge in [-0.2, -0.15) is 9.49 Å². The molecule has 41 heavy (non-hydrogen) atoms. The number of nitrogens with zero attached hydrogens (tertiary/aromatic N) is 3. The molecule has 0 aliphatic heterocycles. The summed E-state index contributed by atoms with van der Waals surface area (Å²) in [7, 11) is 0. The van der Waals surface area contributed by atoms with E-state index in [0.717, 1.165) is 24.4 Å². The van der Waals surface area contributed by atoms with E-state index in [1.54, 1.807) is 0 Å². The second kappa shape index (κ2) is 11.8. The van der Waals surface area contributed by atoms with Crippen LogP contribution in [0.2, 0.25) is 0 Å². The Balaban J connectivity index is 1.46. The third-order valence-electron chi connectivity index (χ3n) is 6.31. The van der Waals surface area contributed by atoms with E-state index in [-0.39, 0.29) is 29.5 Å². The van der Waals surface area contributed by atoms with E-state index in [2.05, 4.69) is 25.5 Å². The third kappa shape index (κ3) is 7.27. The minimum absolute atomic E-state index is 0.00958. The molecular weight excluding hydrogens is 554 g/mol. The molecule has 1 aliphatic rings. The van der Waals surface area contributed by atoms with Crippen LogP contribution in [0.4, 0.5) is 34.8 Å². The Morgan fingerprint density at radius 2 is 1.76 bits per heavy atom. The van der Waals surface area contributed by atoms with Gasteiger partial charge in [0.05, 0.1) is 36.1 Å². The number of carbonyl (C=O) groups excluding carboxylic acids is 3. The molecule has 1 aliphatic carbocycles. The van der Waals surface area contributed by atoms with Crippen molar-refractivity contribution in [1.29, 1.82) is 0 Å². The van der Waals surface area contributed by atoms with Gasteiger partial charge in [-0.1, -0.05) is 12.1 Å². The standard InChI is InChI=1S/C25H25F4N7O5/c26-21-17(10-13(11-32-21)33-18(38)9-12-1-7-16(8-2-12)41-25(27,28)29)34-24(40)20-19(23(31)39)22(30)36(35-20)14-3-5-15(37)6-4-14/h1-2,7-8,10-11,14-15,37H,3-6,9,30H2,(H2,31,39)(H,33,38)(H,34,40). The Labute approximate surface area is 229 Å². The highest BCUT2D eigenvalue weighted by molar-refractivity contribution is 6.13. The maximum atomic E-state index is 14.5. The molecule has 1 aromatic carbocycles. The first-order valence-electron chi connectivity index (χ1n) is 12.3. The Morgan fingerprint density at radius 1 is 1.10 bits per heavy atom. The number of aliphatic hydroxyl groups is 1. The number of aromatic nitrogens is 3. The molecule has 2 heterocycles. The molecule has 3 aromatic rings. The van der Waals surface area contributed by atoms with Gasteiger partial charge in [0.15, 0.2) is 5.69 Å². The summed E-state index contributed by atoms with van der Waals surface area (Å²) in [6.45, 7) is 0. The van der Waals surface area contributed by atoms with E-state index >= 15 is 0 Å². The molecule has 1 fully saturated rings. The molecule has 0 atom stereocenters. The molecule has 0 saturated heterocycles. The molecule has 3 amide bonds. The molecule has 7 N–H and O–H groups in total. The molecule has 0 spiro atoms. The molecule has 4 rings (SSSR count). The fourth-order valence-corrected chi connectivity index (χ4v) is 4.42. The van der Waals surface area contributed by atoms with Crippen molar-refractivity contribution in [3.63, 3.8) is 0 Å². The molecule has 0 bridgehead atoms. The molecule has 0 radical (unpaired) electrons. The van der Waals surface area contributed by atoms with Crippen molar-refractivity contribution >= 4 is 34.9 Å². The number of nitrogens with one attached hydrogen (secondary N) is 2. The van der Waals surface area contributed by atoms with Gasteiger partial charge in [-0.25, -0.2) is 9.67 Å². The number of nitrogen functional groups attached to an aromatic ring is 1. The first-order chi connectivity index (χ1) is 19.3. The second-order valence-corrected chi connectivity index (χ2v) is 9.31. The zero-order valence-corrected chi connectivity index (χ0v) is 21.2. The lowest BCUT2D eigenvalue weighted by atomic mass is 9.93. The number of anilines is 3. The molecule has 1 saturated carbocycles. The maximum Gasteiger partial charge on any atom is 0.573 e. The van der Waals surface area contributed by atoms with Crippen molar-refractivity contribution in [1.82, 2.24) is 14.8 Å². The summed E-state index contributed by atoms with van der Waals surface area (Å²) in [5, 5.41) is 18.6. The number of carbonyl (C=O) groups is 3. The normalized spacial score (nSPS) is 17.1. The summed E-state index contributed by atoms with van der Waals surface area (Å²) in [5.41, 5.74) is 10.6. The number of pyridine rings is 1. The van der Waals surface area contributed by atoms with Crippen molar-refractivity contribution < 1.29 is 41.8 Å². The van der Waals surface area contributed by atoms with Gasteiger partial charge in [-0.3, -0.25) is 14.4 Å². The first-order valence-corrected chi connectivity index (χ1v) is 12.3. The summed E-state index contributed by atoms with van der Waals surface area (Å²) >= 11 is 0.